The van der Waals surface area contributed by atoms with E-state index in [0.717, 1.165) is 11.3 Å². The molecule has 0 bridgehead atoms. The summed E-state index contributed by atoms with van der Waals surface area (Å²) in [5.74, 6) is -0.0352. The van der Waals surface area contributed by atoms with E-state index in [2.05, 4.69) is 0 Å². The van der Waals surface area contributed by atoms with Crippen LogP contribution in [0.5, 0.6) is 5.75 Å². The summed E-state index contributed by atoms with van der Waals surface area (Å²) in [6, 6.07) is 5.62. The van der Waals surface area contributed by atoms with Gasteiger partial charge in [0.15, 0.2) is 0 Å². The molecule has 17 heavy (non-hydrogen) atoms. The van der Waals surface area contributed by atoms with E-state index in [0.29, 0.717) is 18.6 Å². The summed E-state index contributed by atoms with van der Waals surface area (Å²) in [5.41, 5.74) is 1.11. The van der Waals surface area contributed by atoms with Crippen molar-refractivity contribution in [3.63, 3.8) is 0 Å². The first-order valence-electron chi connectivity index (χ1n) is 5.60. The SMILES string of the molecule is COc1ccc(N(C)C)c(C2(C(=O)O)CC2)c1. The molecular weight excluding hydrogens is 218 g/mol. The van der Waals surface area contributed by atoms with Crippen LogP contribution in [-0.2, 0) is 10.2 Å². The third kappa shape index (κ3) is 1.84. The van der Waals surface area contributed by atoms with Gasteiger partial charge in [-0.2, -0.15) is 0 Å². The number of carbonyl (C=O) groups is 1. The second kappa shape index (κ2) is 3.95. The lowest BCUT2D eigenvalue weighted by Crippen LogP contribution is -2.23. The number of ether oxygens (including phenoxy) is 1. The van der Waals surface area contributed by atoms with Crippen LogP contribution in [0.3, 0.4) is 0 Å². The summed E-state index contributed by atoms with van der Waals surface area (Å²) in [5, 5.41) is 9.37. The minimum Gasteiger partial charge on any atom is -0.497 e. The Morgan fingerprint density at radius 3 is 2.47 bits per heavy atom. The minimum atomic E-state index is -0.742. The molecule has 1 aliphatic carbocycles. The van der Waals surface area contributed by atoms with E-state index in [-0.39, 0.29) is 0 Å². The van der Waals surface area contributed by atoms with Crippen LogP contribution in [0, 0.1) is 0 Å². The normalized spacial score (nSPS) is 16.4. The van der Waals surface area contributed by atoms with E-state index in [1.807, 2.05) is 37.2 Å². The lowest BCUT2D eigenvalue weighted by molar-refractivity contribution is -0.140. The molecular formula is C13H17NO3. The summed E-state index contributed by atoms with van der Waals surface area (Å²) in [4.78, 5) is 13.3. The van der Waals surface area contributed by atoms with Crippen LogP contribution in [0.1, 0.15) is 18.4 Å². The van der Waals surface area contributed by atoms with E-state index >= 15 is 0 Å². The molecule has 0 atom stereocenters. The predicted molar refractivity (Wildman–Crippen MR) is 65.9 cm³/mol. The molecule has 0 heterocycles. The third-order valence-electron chi connectivity index (χ3n) is 3.36. The van der Waals surface area contributed by atoms with Gasteiger partial charge in [0, 0.05) is 19.8 Å². The second-order valence-electron chi connectivity index (χ2n) is 4.66. The van der Waals surface area contributed by atoms with Crippen molar-refractivity contribution in [2.24, 2.45) is 0 Å². The first kappa shape index (κ1) is 11.8. The molecule has 0 amide bonds. The topological polar surface area (TPSA) is 49.8 Å². The summed E-state index contributed by atoms with van der Waals surface area (Å²) >= 11 is 0. The van der Waals surface area contributed by atoms with Crippen molar-refractivity contribution in [1.29, 1.82) is 0 Å². The van der Waals surface area contributed by atoms with Gasteiger partial charge in [0.2, 0.25) is 0 Å². The maximum atomic E-state index is 11.4. The van der Waals surface area contributed by atoms with Crippen LogP contribution in [0.15, 0.2) is 18.2 Å². The van der Waals surface area contributed by atoms with Crippen molar-refractivity contribution >= 4 is 11.7 Å². The molecule has 1 N–H and O–H groups in total. The Morgan fingerprint density at radius 1 is 1.41 bits per heavy atom. The molecule has 0 radical (unpaired) electrons. The summed E-state index contributed by atoms with van der Waals surface area (Å²) in [7, 11) is 5.43. The zero-order valence-electron chi connectivity index (χ0n) is 10.4. The average molecular weight is 235 g/mol. The van der Waals surface area contributed by atoms with Gasteiger partial charge in [0.05, 0.1) is 12.5 Å². The van der Waals surface area contributed by atoms with Gasteiger partial charge in [0.25, 0.3) is 0 Å². The van der Waals surface area contributed by atoms with Crippen molar-refractivity contribution in [3.05, 3.63) is 23.8 Å². The number of carboxylic acid groups (broad SMARTS) is 1. The first-order chi connectivity index (χ1) is 8.01. The maximum absolute atomic E-state index is 11.4. The molecule has 0 unspecified atom stereocenters. The molecule has 1 aromatic rings. The molecule has 0 saturated heterocycles. The van der Waals surface area contributed by atoms with Crippen molar-refractivity contribution in [2.45, 2.75) is 18.3 Å². The van der Waals surface area contributed by atoms with Gasteiger partial charge in [0.1, 0.15) is 5.75 Å². The Morgan fingerprint density at radius 2 is 2.06 bits per heavy atom. The van der Waals surface area contributed by atoms with Gasteiger partial charge in [-0.15, -0.1) is 0 Å². The molecule has 2 rings (SSSR count). The van der Waals surface area contributed by atoms with Crippen LogP contribution in [-0.4, -0.2) is 32.3 Å². The van der Waals surface area contributed by atoms with E-state index in [1.54, 1.807) is 7.11 Å². The molecule has 4 heteroatoms. The molecule has 0 aromatic heterocycles. The number of nitrogens with zero attached hydrogens (tertiary/aromatic N) is 1. The Kier molecular flexibility index (Phi) is 2.73. The number of methoxy groups -OCH3 is 1. The Bertz CT molecular complexity index is 450. The number of hydrogen-bond donors (Lipinski definition) is 1. The summed E-state index contributed by atoms with van der Waals surface area (Å²) in [6.45, 7) is 0. The minimum absolute atomic E-state index is 0.700. The van der Waals surface area contributed by atoms with E-state index in [1.165, 1.54) is 0 Å². The first-order valence-corrected chi connectivity index (χ1v) is 5.60. The fourth-order valence-corrected chi connectivity index (χ4v) is 2.14. The van der Waals surface area contributed by atoms with Crippen molar-refractivity contribution in [2.75, 3.05) is 26.1 Å². The van der Waals surface area contributed by atoms with Crippen LogP contribution in [0.2, 0.25) is 0 Å². The number of carboxylic acids is 1. The predicted octanol–water partition coefficient (Wildman–Crippen LogP) is 1.88. The maximum Gasteiger partial charge on any atom is 0.314 e. The lowest BCUT2D eigenvalue weighted by Gasteiger charge is -2.22. The molecule has 1 aromatic carbocycles. The van der Waals surface area contributed by atoms with Gasteiger partial charge in [-0.25, -0.2) is 0 Å². The van der Waals surface area contributed by atoms with Gasteiger partial charge in [-0.05, 0) is 36.6 Å². The molecule has 0 aliphatic heterocycles. The largest absolute Gasteiger partial charge is 0.497 e. The van der Waals surface area contributed by atoms with E-state index in [9.17, 15) is 9.90 Å². The number of anilines is 1. The highest BCUT2D eigenvalue weighted by atomic mass is 16.5. The molecule has 1 saturated carbocycles. The van der Waals surface area contributed by atoms with Crippen molar-refractivity contribution < 1.29 is 14.6 Å². The number of benzene rings is 1. The summed E-state index contributed by atoms with van der Waals surface area (Å²) < 4.78 is 5.18. The van der Waals surface area contributed by atoms with Gasteiger partial charge >= 0.3 is 5.97 Å². The molecule has 1 fully saturated rings. The fraction of sp³-hybridized carbons (Fsp3) is 0.462. The number of rotatable bonds is 4. The van der Waals surface area contributed by atoms with Gasteiger partial charge in [-0.3, -0.25) is 4.79 Å². The van der Waals surface area contributed by atoms with Crippen LogP contribution in [0.4, 0.5) is 5.69 Å². The van der Waals surface area contributed by atoms with Crippen LogP contribution < -0.4 is 9.64 Å². The highest BCUT2D eigenvalue weighted by Gasteiger charge is 2.53. The number of aliphatic carboxylic acids is 1. The summed E-state index contributed by atoms with van der Waals surface area (Å²) in [6.07, 6.45) is 1.41. The third-order valence-corrected chi connectivity index (χ3v) is 3.36. The van der Waals surface area contributed by atoms with Crippen LogP contribution in [0.25, 0.3) is 0 Å². The standard InChI is InChI=1S/C13H17NO3/c1-14(2)11-5-4-9(17-3)8-10(11)13(6-7-13)12(15)16/h4-5,8H,6-7H2,1-3H3,(H,15,16). The zero-order valence-corrected chi connectivity index (χ0v) is 10.4. The molecule has 0 spiro atoms. The van der Waals surface area contributed by atoms with Crippen molar-refractivity contribution in [1.82, 2.24) is 0 Å². The highest BCUT2D eigenvalue weighted by molar-refractivity contribution is 5.87. The highest BCUT2D eigenvalue weighted by Crippen LogP contribution is 2.52. The Labute approximate surface area is 101 Å². The second-order valence-corrected chi connectivity index (χ2v) is 4.66. The molecule has 4 nitrogen and oxygen atoms in total. The Hall–Kier alpha value is -1.71. The van der Waals surface area contributed by atoms with Crippen LogP contribution >= 0.6 is 0 Å². The van der Waals surface area contributed by atoms with Gasteiger partial charge < -0.3 is 14.7 Å². The van der Waals surface area contributed by atoms with Gasteiger partial charge in [-0.1, -0.05) is 0 Å². The zero-order chi connectivity index (χ0) is 12.6. The average Bonchev–Trinajstić information content (AvgIpc) is 3.09. The fourth-order valence-electron chi connectivity index (χ4n) is 2.14. The molecule has 92 valence electrons. The van der Waals surface area contributed by atoms with E-state index < -0.39 is 11.4 Å². The Balaban J connectivity index is 2.53. The van der Waals surface area contributed by atoms with E-state index in [4.69, 9.17) is 4.74 Å². The monoisotopic (exact) mass is 235 g/mol. The molecule has 1 aliphatic rings. The number of hydrogen-bond acceptors (Lipinski definition) is 3. The lowest BCUT2D eigenvalue weighted by atomic mass is 9.93. The smallest absolute Gasteiger partial charge is 0.314 e. The van der Waals surface area contributed by atoms with Crippen molar-refractivity contribution in [3.8, 4) is 5.75 Å². The quantitative estimate of drug-likeness (QED) is 0.865.